The maximum atomic E-state index is 13.5. The summed E-state index contributed by atoms with van der Waals surface area (Å²) in [6, 6.07) is 19.0. The Labute approximate surface area is 197 Å². The van der Waals surface area contributed by atoms with Gasteiger partial charge in [0.15, 0.2) is 5.78 Å². The van der Waals surface area contributed by atoms with Crippen LogP contribution in [0.1, 0.15) is 37.0 Å². The van der Waals surface area contributed by atoms with Crippen LogP contribution in [0.4, 0.5) is 4.39 Å². The highest BCUT2D eigenvalue weighted by Gasteiger charge is 2.22. The third kappa shape index (κ3) is 4.70. The molecule has 1 aromatic heterocycles. The van der Waals surface area contributed by atoms with Crippen LogP contribution in [-0.2, 0) is 0 Å². The van der Waals surface area contributed by atoms with Crippen molar-refractivity contribution in [3.05, 3.63) is 83.1 Å². The van der Waals surface area contributed by atoms with Crippen LogP contribution in [0.5, 0.6) is 0 Å². The number of aliphatic hydroxyl groups is 1. The zero-order valence-corrected chi connectivity index (χ0v) is 19.4. The van der Waals surface area contributed by atoms with Crippen LogP contribution in [0.15, 0.2) is 66.7 Å². The molecule has 6 heteroatoms. The van der Waals surface area contributed by atoms with Crippen LogP contribution < -0.4 is 0 Å². The van der Waals surface area contributed by atoms with Crippen LogP contribution in [0.25, 0.3) is 27.8 Å². The summed E-state index contributed by atoms with van der Waals surface area (Å²) in [6.07, 6.45) is 1.18. The minimum atomic E-state index is -0.336. The standard InChI is InChI=1S/C27H26ClFN2O2/c1-3-17(2)19(16-32)15-26(33)18-8-13-23-25(14-18)31(21-11-9-20(29)10-12-21)30-27(23)22-6-4-5-7-24(22)28/h4-14,17,19,32H,3,15-16H2,1-2H3/t17-,19+/m0/s1. The maximum Gasteiger partial charge on any atom is 0.163 e. The van der Waals surface area contributed by atoms with Gasteiger partial charge in [-0.05, 0) is 54.3 Å². The molecule has 0 aliphatic rings. The molecular formula is C27H26ClFN2O2. The predicted molar refractivity (Wildman–Crippen MR) is 130 cm³/mol. The van der Waals surface area contributed by atoms with Gasteiger partial charge in [-0.25, -0.2) is 9.07 Å². The van der Waals surface area contributed by atoms with Crippen molar-refractivity contribution in [2.45, 2.75) is 26.7 Å². The Morgan fingerprint density at radius 1 is 1.12 bits per heavy atom. The summed E-state index contributed by atoms with van der Waals surface area (Å²) >= 11 is 6.46. The Morgan fingerprint density at radius 3 is 2.52 bits per heavy atom. The summed E-state index contributed by atoms with van der Waals surface area (Å²) in [5, 5.41) is 16.0. The Balaban J connectivity index is 1.84. The normalized spacial score (nSPS) is 13.2. The fourth-order valence-corrected chi connectivity index (χ4v) is 4.28. The number of Topliss-reactive ketones (excluding diaryl/α,β-unsaturated/α-hetero) is 1. The van der Waals surface area contributed by atoms with Gasteiger partial charge in [0.05, 0.1) is 16.2 Å². The quantitative estimate of drug-likeness (QED) is 0.295. The lowest BCUT2D eigenvalue weighted by Gasteiger charge is -2.19. The SMILES string of the molecule is CC[C@H](C)[C@@H](CO)CC(=O)c1ccc2c(-c3ccccc3Cl)nn(-c3ccc(F)cc3)c2c1. The number of aliphatic hydroxyl groups excluding tert-OH is 1. The van der Waals surface area contributed by atoms with Crippen LogP contribution >= 0.6 is 11.6 Å². The summed E-state index contributed by atoms with van der Waals surface area (Å²) < 4.78 is 15.3. The van der Waals surface area contributed by atoms with Crippen molar-refractivity contribution in [1.82, 2.24) is 9.78 Å². The van der Waals surface area contributed by atoms with Crippen LogP contribution in [-0.4, -0.2) is 27.3 Å². The van der Waals surface area contributed by atoms with E-state index < -0.39 is 0 Å². The maximum absolute atomic E-state index is 13.5. The van der Waals surface area contributed by atoms with Crippen molar-refractivity contribution in [2.75, 3.05) is 6.61 Å². The van der Waals surface area contributed by atoms with E-state index in [0.29, 0.717) is 22.0 Å². The molecule has 0 saturated carbocycles. The summed E-state index contributed by atoms with van der Waals surface area (Å²) in [6.45, 7) is 4.09. The number of ketones is 1. The third-order valence-corrected chi connectivity index (χ3v) is 6.66. The van der Waals surface area contributed by atoms with Gasteiger partial charge in [-0.1, -0.05) is 56.1 Å². The second kappa shape index (κ2) is 9.86. The van der Waals surface area contributed by atoms with E-state index in [1.807, 2.05) is 36.4 Å². The Bertz CT molecular complexity index is 1280. The van der Waals surface area contributed by atoms with Crippen LogP contribution in [0.3, 0.4) is 0 Å². The molecule has 0 aliphatic heterocycles. The molecule has 4 rings (SSSR count). The zero-order chi connectivity index (χ0) is 23.5. The molecule has 0 aliphatic carbocycles. The number of hydrogen-bond donors (Lipinski definition) is 1. The molecule has 4 aromatic rings. The molecule has 3 aromatic carbocycles. The first-order valence-electron chi connectivity index (χ1n) is 11.1. The number of aromatic nitrogens is 2. The fraction of sp³-hybridized carbons (Fsp3) is 0.259. The van der Waals surface area contributed by atoms with Crippen LogP contribution in [0.2, 0.25) is 5.02 Å². The molecule has 2 atom stereocenters. The number of nitrogens with zero attached hydrogens (tertiary/aromatic N) is 2. The van der Waals surface area contributed by atoms with Gasteiger partial charge in [-0.3, -0.25) is 4.79 Å². The third-order valence-electron chi connectivity index (χ3n) is 6.33. The second-order valence-corrected chi connectivity index (χ2v) is 8.81. The van der Waals surface area contributed by atoms with Crippen molar-refractivity contribution < 1.29 is 14.3 Å². The van der Waals surface area contributed by atoms with Crippen LogP contribution in [0, 0.1) is 17.7 Å². The van der Waals surface area contributed by atoms with E-state index in [1.165, 1.54) is 12.1 Å². The predicted octanol–water partition coefficient (Wildman–Crippen LogP) is 6.71. The number of carbonyl (C=O) groups excluding carboxylic acids is 1. The number of carbonyl (C=O) groups is 1. The molecule has 0 amide bonds. The van der Waals surface area contributed by atoms with Crippen molar-refractivity contribution >= 4 is 28.3 Å². The summed E-state index contributed by atoms with van der Waals surface area (Å²) in [5.74, 6) is -0.196. The second-order valence-electron chi connectivity index (χ2n) is 8.40. The Morgan fingerprint density at radius 2 is 1.85 bits per heavy atom. The minimum Gasteiger partial charge on any atom is -0.396 e. The lowest BCUT2D eigenvalue weighted by molar-refractivity contribution is 0.0899. The Hall–Kier alpha value is -3.02. The fourth-order valence-electron chi connectivity index (χ4n) is 4.05. The summed E-state index contributed by atoms with van der Waals surface area (Å²) in [4.78, 5) is 13.1. The highest BCUT2D eigenvalue weighted by molar-refractivity contribution is 6.33. The summed E-state index contributed by atoms with van der Waals surface area (Å²) in [7, 11) is 0. The van der Waals surface area contributed by atoms with Gasteiger partial charge in [0.2, 0.25) is 0 Å². The molecule has 33 heavy (non-hydrogen) atoms. The highest BCUT2D eigenvalue weighted by Crippen LogP contribution is 2.35. The summed E-state index contributed by atoms with van der Waals surface area (Å²) in [5.41, 5.74) is 3.43. The number of fused-ring (bicyclic) bond motifs is 1. The number of rotatable bonds is 8. The van der Waals surface area contributed by atoms with E-state index in [2.05, 4.69) is 13.8 Å². The molecule has 0 saturated heterocycles. The number of halogens is 2. The van der Waals surface area contributed by atoms with Crippen molar-refractivity contribution in [1.29, 1.82) is 0 Å². The monoisotopic (exact) mass is 464 g/mol. The van der Waals surface area contributed by atoms with Gasteiger partial charge in [0.1, 0.15) is 11.5 Å². The van der Waals surface area contributed by atoms with E-state index in [4.69, 9.17) is 16.7 Å². The van der Waals surface area contributed by atoms with Gasteiger partial charge in [0, 0.05) is 29.5 Å². The average molecular weight is 465 g/mol. The Kier molecular flexibility index (Phi) is 6.91. The molecule has 0 spiro atoms. The van der Waals surface area contributed by atoms with E-state index in [1.54, 1.807) is 22.9 Å². The number of benzene rings is 3. The topological polar surface area (TPSA) is 55.1 Å². The van der Waals surface area contributed by atoms with Gasteiger partial charge in [-0.2, -0.15) is 5.10 Å². The largest absolute Gasteiger partial charge is 0.396 e. The van der Waals surface area contributed by atoms with E-state index >= 15 is 0 Å². The molecule has 0 bridgehead atoms. The lowest BCUT2D eigenvalue weighted by Crippen LogP contribution is -2.19. The molecule has 0 unspecified atom stereocenters. The van der Waals surface area contributed by atoms with Gasteiger partial charge in [0.25, 0.3) is 0 Å². The molecular weight excluding hydrogens is 439 g/mol. The van der Waals surface area contributed by atoms with Crippen molar-refractivity contribution in [3.63, 3.8) is 0 Å². The van der Waals surface area contributed by atoms with E-state index in [-0.39, 0.29) is 36.5 Å². The molecule has 1 N–H and O–H groups in total. The van der Waals surface area contributed by atoms with Crippen molar-refractivity contribution in [3.8, 4) is 16.9 Å². The molecule has 1 heterocycles. The molecule has 0 radical (unpaired) electrons. The van der Waals surface area contributed by atoms with E-state index in [9.17, 15) is 14.3 Å². The minimum absolute atomic E-state index is 0.0207. The van der Waals surface area contributed by atoms with Gasteiger partial charge in [-0.15, -0.1) is 0 Å². The molecule has 0 fully saturated rings. The average Bonchev–Trinajstić information content (AvgIpc) is 3.21. The molecule has 4 nitrogen and oxygen atoms in total. The zero-order valence-electron chi connectivity index (χ0n) is 18.6. The van der Waals surface area contributed by atoms with Gasteiger partial charge >= 0.3 is 0 Å². The first-order chi connectivity index (χ1) is 15.9. The van der Waals surface area contributed by atoms with E-state index in [0.717, 1.165) is 22.9 Å². The number of hydrogen-bond acceptors (Lipinski definition) is 3. The van der Waals surface area contributed by atoms with Crippen molar-refractivity contribution in [2.24, 2.45) is 11.8 Å². The molecule has 170 valence electrons. The first kappa shape index (κ1) is 23.1. The lowest BCUT2D eigenvalue weighted by atomic mass is 9.86. The highest BCUT2D eigenvalue weighted by atomic mass is 35.5. The smallest absolute Gasteiger partial charge is 0.163 e. The van der Waals surface area contributed by atoms with Gasteiger partial charge < -0.3 is 5.11 Å². The first-order valence-corrected chi connectivity index (χ1v) is 11.5.